The minimum Gasteiger partial charge on any atom is -0.352 e. The van der Waals surface area contributed by atoms with E-state index in [9.17, 15) is 9.18 Å². The smallest absolute Gasteiger partial charge is 0.252 e. The van der Waals surface area contributed by atoms with Crippen LogP contribution in [0.15, 0.2) is 30.5 Å². The summed E-state index contributed by atoms with van der Waals surface area (Å²) in [6.45, 7) is 11.2. The van der Waals surface area contributed by atoms with E-state index in [0.717, 1.165) is 44.8 Å². The third-order valence-electron chi connectivity index (χ3n) is 7.16. The van der Waals surface area contributed by atoms with E-state index in [0.29, 0.717) is 46.3 Å². The summed E-state index contributed by atoms with van der Waals surface area (Å²) in [6, 6.07) is 7.73. The van der Waals surface area contributed by atoms with Gasteiger partial charge in [-0.25, -0.2) is 9.37 Å². The Labute approximate surface area is 218 Å². The fourth-order valence-corrected chi connectivity index (χ4v) is 5.72. The van der Waals surface area contributed by atoms with Crippen LogP contribution < -0.4 is 10.2 Å². The highest BCUT2D eigenvalue weighted by atomic mass is 35.5. The Morgan fingerprint density at radius 2 is 1.91 bits per heavy atom. The monoisotopic (exact) mass is 523 g/mol. The predicted molar refractivity (Wildman–Crippen MR) is 142 cm³/mol. The molecule has 0 spiro atoms. The number of nitrogens with one attached hydrogen (secondary N) is 1. The van der Waals surface area contributed by atoms with Gasteiger partial charge >= 0.3 is 0 Å². The molecule has 2 aliphatic rings. The molecule has 0 bridgehead atoms. The van der Waals surface area contributed by atoms with Crippen LogP contribution in [-0.2, 0) is 6.54 Å². The summed E-state index contributed by atoms with van der Waals surface area (Å²) in [5.74, 6) is 0.341. The summed E-state index contributed by atoms with van der Waals surface area (Å²) < 4.78 is 14.2. The maximum atomic E-state index is 14.2. The van der Waals surface area contributed by atoms with Crippen LogP contribution in [0.2, 0.25) is 10.0 Å². The molecule has 2 aliphatic heterocycles. The largest absolute Gasteiger partial charge is 0.352 e. The van der Waals surface area contributed by atoms with Crippen LogP contribution in [0.4, 0.5) is 10.2 Å². The van der Waals surface area contributed by atoms with Crippen molar-refractivity contribution in [3.05, 3.63) is 57.5 Å². The molecule has 4 rings (SSSR count). The standard InChI is InChI=1S/C26H34Cl2FN5O.H2/c1-4-30-26(35)20-11-23(28)25(31-13-20)34-15-17(2)33(14-18(34)3)22-7-9-32(10-8-22)16-19-5-6-21(27)12-24(19)29;/h5-6,11-13,17-18,22H,4,7-10,14-16H2,1-3H3,(H,30,35);1H/t17-,18+;/m0./s1. The van der Waals surface area contributed by atoms with Gasteiger partial charge in [-0.3, -0.25) is 14.6 Å². The fraction of sp³-hybridized carbons (Fsp3) is 0.538. The fourth-order valence-electron chi connectivity index (χ4n) is 5.29. The number of anilines is 1. The Morgan fingerprint density at radius 1 is 1.17 bits per heavy atom. The lowest BCUT2D eigenvalue weighted by atomic mass is 9.97. The summed E-state index contributed by atoms with van der Waals surface area (Å²) >= 11 is 12.5. The number of carbonyl (C=O) groups is 1. The average molecular weight is 525 g/mol. The number of hydrogen-bond donors (Lipinski definition) is 1. The molecule has 3 heterocycles. The average Bonchev–Trinajstić information content (AvgIpc) is 2.83. The second-order valence-electron chi connectivity index (χ2n) is 9.68. The number of amides is 1. The predicted octanol–water partition coefficient (Wildman–Crippen LogP) is 5.09. The molecular formula is C26H36Cl2FN5O. The Kier molecular flexibility index (Phi) is 8.53. The van der Waals surface area contributed by atoms with Crippen molar-refractivity contribution in [2.75, 3.05) is 37.6 Å². The van der Waals surface area contributed by atoms with Gasteiger partial charge in [-0.15, -0.1) is 0 Å². The van der Waals surface area contributed by atoms with Crippen LogP contribution in [0, 0.1) is 5.82 Å². The number of rotatable bonds is 6. The zero-order valence-corrected chi connectivity index (χ0v) is 22.1. The molecule has 1 aromatic heterocycles. The molecule has 2 fully saturated rings. The minimum absolute atomic E-state index is 0. The maximum Gasteiger partial charge on any atom is 0.252 e. The second-order valence-corrected chi connectivity index (χ2v) is 10.5. The second kappa shape index (κ2) is 11.4. The quantitative estimate of drug-likeness (QED) is 0.571. The van der Waals surface area contributed by atoms with E-state index in [1.807, 2.05) is 6.92 Å². The van der Waals surface area contributed by atoms with Crippen molar-refractivity contribution >= 4 is 34.9 Å². The molecule has 192 valence electrons. The molecule has 0 aliphatic carbocycles. The van der Waals surface area contributed by atoms with Crippen LogP contribution in [0.5, 0.6) is 0 Å². The molecule has 2 saturated heterocycles. The molecule has 35 heavy (non-hydrogen) atoms. The lowest BCUT2D eigenvalue weighted by Crippen LogP contribution is -2.61. The molecule has 0 saturated carbocycles. The number of pyridine rings is 1. The third kappa shape index (κ3) is 6.08. The van der Waals surface area contributed by atoms with E-state index < -0.39 is 0 Å². The normalized spacial score (nSPS) is 22.4. The van der Waals surface area contributed by atoms with Gasteiger partial charge in [0, 0.05) is 62.5 Å². The molecule has 9 heteroatoms. The van der Waals surface area contributed by atoms with E-state index in [1.54, 1.807) is 24.4 Å². The van der Waals surface area contributed by atoms with Crippen molar-refractivity contribution in [2.24, 2.45) is 0 Å². The van der Waals surface area contributed by atoms with Gasteiger partial charge in [0.05, 0.1) is 10.6 Å². The number of carbonyl (C=O) groups excluding carboxylic acids is 1. The van der Waals surface area contributed by atoms with Crippen LogP contribution in [0.1, 0.15) is 51.0 Å². The molecule has 1 amide bonds. The Bertz CT molecular complexity index is 1050. The van der Waals surface area contributed by atoms with Crippen LogP contribution in [-0.4, -0.2) is 71.5 Å². The summed E-state index contributed by atoms with van der Waals surface area (Å²) in [6.07, 6.45) is 3.73. The zero-order chi connectivity index (χ0) is 25.1. The van der Waals surface area contributed by atoms with Crippen LogP contribution in [0.25, 0.3) is 0 Å². The van der Waals surface area contributed by atoms with Crippen molar-refractivity contribution in [3.63, 3.8) is 0 Å². The summed E-state index contributed by atoms with van der Waals surface area (Å²) in [5.41, 5.74) is 1.18. The number of aromatic nitrogens is 1. The number of benzene rings is 1. The SMILES string of the molecule is CCNC(=O)c1cnc(N2C[C@H](C)N(C3CCN(Cc4ccc(Cl)cc4F)CC3)C[C@H]2C)c(Cl)c1.[HH]. The molecule has 2 atom stereocenters. The third-order valence-corrected chi connectivity index (χ3v) is 7.68. The van der Waals surface area contributed by atoms with Gasteiger partial charge in [0.1, 0.15) is 11.6 Å². The Hall–Kier alpha value is -1.93. The first-order chi connectivity index (χ1) is 16.8. The van der Waals surface area contributed by atoms with Gasteiger partial charge in [-0.1, -0.05) is 29.3 Å². The van der Waals surface area contributed by atoms with Gasteiger partial charge in [0.15, 0.2) is 0 Å². The van der Waals surface area contributed by atoms with Gasteiger partial charge in [-0.2, -0.15) is 0 Å². The Morgan fingerprint density at radius 3 is 2.57 bits per heavy atom. The minimum atomic E-state index is -0.232. The van der Waals surface area contributed by atoms with Crippen molar-refractivity contribution in [2.45, 2.75) is 58.3 Å². The van der Waals surface area contributed by atoms with Gasteiger partial charge < -0.3 is 10.2 Å². The lowest BCUT2D eigenvalue weighted by molar-refractivity contribution is 0.0583. The van der Waals surface area contributed by atoms with E-state index in [4.69, 9.17) is 23.2 Å². The highest BCUT2D eigenvalue weighted by molar-refractivity contribution is 6.33. The van der Waals surface area contributed by atoms with Gasteiger partial charge in [0.2, 0.25) is 0 Å². The highest BCUT2D eigenvalue weighted by Gasteiger charge is 2.36. The molecule has 0 radical (unpaired) electrons. The first kappa shape index (κ1) is 26.1. The molecule has 0 unspecified atom stereocenters. The van der Waals surface area contributed by atoms with Crippen molar-refractivity contribution in [1.82, 2.24) is 20.1 Å². The molecule has 1 N–H and O–H groups in total. The molecule has 6 nitrogen and oxygen atoms in total. The van der Waals surface area contributed by atoms with Crippen LogP contribution in [0.3, 0.4) is 0 Å². The van der Waals surface area contributed by atoms with Gasteiger partial charge in [0.25, 0.3) is 5.91 Å². The first-order valence-electron chi connectivity index (χ1n) is 12.4. The number of nitrogens with zero attached hydrogens (tertiary/aromatic N) is 4. The molecule has 2 aromatic rings. The number of halogens is 3. The van der Waals surface area contributed by atoms with Crippen molar-refractivity contribution in [1.29, 1.82) is 0 Å². The maximum absolute atomic E-state index is 14.2. The molecular weight excluding hydrogens is 488 g/mol. The summed E-state index contributed by atoms with van der Waals surface area (Å²) in [4.78, 5) is 23.9. The topological polar surface area (TPSA) is 51.7 Å². The van der Waals surface area contributed by atoms with E-state index in [1.165, 1.54) is 6.07 Å². The van der Waals surface area contributed by atoms with Crippen LogP contribution >= 0.6 is 23.2 Å². The number of hydrogen-bond acceptors (Lipinski definition) is 5. The first-order valence-corrected chi connectivity index (χ1v) is 13.1. The lowest BCUT2D eigenvalue weighted by Gasteiger charge is -2.49. The highest BCUT2D eigenvalue weighted by Crippen LogP contribution is 2.31. The van der Waals surface area contributed by atoms with E-state index in [-0.39, 0.29) is 19.2 Å². The summed E-state index contributed by atoms with van der Waals surface area (Å²) in [5, 5.41) is 3.72. The van der Waals surface area contributed by atoms with E-state index >= 15 is 0 Å². The number of piperazine rings is 1. The van der Waals surface area contributed by atoms with Crippen molar-refractivity contribution in [3.8, 4) is 0 Å². The molecule has 1 aromatic carbocycles. The van der Waals surface area contributed by atoms with Crippen molar-refractivity contribution < 1.29 is 10.6 Å². The number of piperidine rings is 1. The summed E-state index contributed by atoms with van der Waals surface area (Å²) in [7, 11) is 0. The number of likely N-dealkylation sites (tertiary alicyclic amines) is 1. The zero-order valence-electron chi connectivity index (χ0n) is 20.6. The Balaban J connectivity index is 0.00000361. The van der Waals surface area contributed by atoms with Gasteiger partial charge in [-0.05, 0) is 64.9 Å². The van der Waals surface area contributed by atoms with E-state index in [2.05, 4.69) is 38.8 Å².